The molecule has 35 heavy (non-hydrogen) atoms. The zero-order chi connectivity index (χ0) is 25.0. The van der Waals surface area contributed by atoms with Crippen molar-refractivity contribution in [3.8, 4) is 5.69 Å². The summed E-state index contributed by atoms with van der Waals surface area (Å²) in [5.41, 5.74) is 0.413. The predicted octanol–water partition coefficient (Wildman–Crippen LogP) is 7.03. The fourth-order valence-corrected chi connectivity index (χ4v) is 4.72. The van der Waals surface area contributed by atoms with Gasteiger partial charge in [-0.05, 0) is 54.1 Å². The maximum absolute atomic E-state index is 13.3. The van der Waals surface area contributed by atoms with Gasteiger partial charge in [-0.3, -0.25) is 9.36 Å². The van der Waals surface area contributed by atoms with Gasteiger partial charge >= 0.3 is 6.18 Å². The van der Waals surface area contributed by atoms with E-state index in [9.17, 15) is 18.0 Å². The summed E-state index contributed by atoms with van der Waals surface area (Å²) in [7, 11) is 0. The number of thioether (sulfide) groups is 1. The summed E-state index contributed by atoms with van der Waals surface area (Å²) in [6.45, 7) is -0.104. The number of nitrogens with one attached hydrogen (secondary N) is 1. The smallest absolute Gasteiger partial charge is 0.345 e. The van der Waals surface area contributed by atoms with Crippen molar-refractivity contribution in [3.05, 3.63) is 104 Å². The number of hydrogen-bond donors (Lipinski definition) is 1. The van der Waals surface area contributed by atoms with E-state index in [1.165, 1.54) is 23.9 Å². The maximum Gasteiger partial charge on any atom is 0.417 e. The van der Waals surface area contributed by atoms with Crippen molar-refractivity contribution in [2.75, 3.05) is 0 Å². The first-order valence-corrected chi connectivity index (χ1v) is 12.8. The average Bonchev–Trinajstić information content (AvgIpc) is 3.25. The van der Waals surface area contributed by atoms with Crippen molar-refractivity contribution in [3.63, 3.8) is 0 Å². The van der Waals surface area contributed by atoms with Gasteiger partial charge in [0.2, 0.25) is 0 Å². The highest BCUT2D eigenvalue weighted by Crippen LogP contribution is 2.32. The molecule has 180 valence electrons. The third-order valence-electron chi connectivity index (χ3n) is 4.95. The molecule has 0 unspecified atom stereocenters. The minimum absolute atomic E-state index is 0.104. The Hall–Kier alpha value is -2.63. The molecule has 11 heteroatoms. The van der Waals surface area contributed by atoms with Crippen molar-refractivity contribution in [1.82, 2.24) is 20.1 Å². The topological polar surface area (TPSA) is 59.8 Å². The van der Waals surface area contributed by atoms with Gasteiger partial charge in [-0.15, -0.1) is 10.2 Å². The molecule has 0 spiro atoms. The number of halogens is 5. The molecule has 1 heterocycles. The molecule has 4 aromatic rings. The van der Waals surface area contributed by atoms with Crippen molar-refractivity contribution >= 4 is 49.5 Å². The molecule has 3 aromatic carbocycles. The van der Waals surface area contributed by atoms with Gasteiger partial charge in [0.1, 0.15) is 0 Å². The highest BCUT2D eigenvalue weighted by atomic mass is 79.9. The Morgan fingerprint density at radius 1 is 0.914 bits per heavy atom. The number of alkyl halides is 3. The molecule has 1 aromatic heterocycles. The Kier molecular flexibility index (Phi) is 7.98. The molecule has 1 amide bonds. The van der Waals surface area contributed by atoms with E-state index in [-0.39, 0.29) is 6.54 Å². The van der Waals surface area contributed by atoms with Gasteiger partial charge in [0.15, 0.2) is 11.0 Å². The van der Waals surface area contributed by atoms with Crippen LogP contribution in [0.5, 0.6) is 0 Å². The Balaban J connectivity index is 1.58. The van der Waals surface area contributed by atoms with E-state index in [1.54, 1.807) is 4.57 Å². The molecule has 0 aliphatic carbocycles. The Morgan fingerprint density at radius 3 is 2.20 bits per heavy atom. The molecule has 0 aliphatic heterocycles. The number of rotatable bonds is 7. The molecular formula is C24H17Br2F3N4OS. The van der Waals surface area contributed by atoms with E-state index in [0.29, 0.717) is 16.7 Å². The van der Waals surface area contributed by atoms with Crippen LogP contribution in [0.2, 0.25) is 0 Å². The lowest BCUT2D eigenvalue weighted by molar-refractivity contribution is -0.137. The van der Waals surface area contributed by atoms with Gasteiger partial charge in [-0.25, -0.2) is 0 Å². The standard InChI is InChI=1S/C24H17Br2F3N4OS/c25-16-7-5-15(6-8-16)14-35-23-32-31-21(33(23)18-11-9-17(26)10-12-18)13-30-22(34)19-3-1-2-4-20(19)24(27,28)29/h1-12H,13-14H2,(H,30,34). The zero-order valence-electron chi connectivity index (χ0n) is 17.9. The van der Waals surface area contributed by atoms with Crippen LogP contribution in [0.3, 0.4) is 0 Å². The Bertz CT molecular complexity index is 1330. The van der Waals surface area contributed by atoms with Crippen LogP contribution >= 0.6 is 43.6 Å². The van der Waals surface area contributed by atoms with Crippen molar-refractivity contribution < 1.29 is 18.0 Å². The molecule has 0 radical (unpaired) electrons. The average molecular weight is 626 g/mol. The largest absolute Gasteiger partial charge is 0.417 e. The summed E-state index contributed by atoms with van der Waals surface area (Å²) in [5, 5.41) is 11.6. The second-order valence-corrected chi connectivity index (χ2v) is 10.1. The molecule has 0 atom stereocenters. The van der Waals surface area contributed by atoms with Crippen LogP contribution in [-0.2, 0) is 18.5 Å². The molecule has 0 saturated heterocycles. The number of nitrogens with zero attached hydrogens (tertiary/aromatic N) is 3. The fraction of sp³-hybridized carbons (Fsp3) is 0.125. The maximum atomic E-state index is 13.3. The normalized spacial score (nSPS) is 11.5. The number of amides is 1. The molecule has 0 aliphatic rings. The quantitative estimate of drug-likeness (QED) is 0.224. The lowest BCUT2D eigenvalue weighted by Gasteiger charge is -2.14. The summed E-state index contributed by atoms with van der Waals surface area (Å²) in [4.78, 5) is 12.6. The second-order valence-electron chi connectivity index (χ2n) is 7.35. The summed E-state index contributed by atoms with van der Waals surface area (Å²) < 4.78 is 43.6. The Morgan fingerprint density at radius 2 is 1.54 bits per heavy atom. The van der Waals surface area contributed by atoms with E-state index >= 15 is 0 Å². The summed E-state index contributed by atoms with van der Waals surface area (Å²) in [6.07, 6.45) is -4.64. The van der Waals surface area contributed by atoms with Gasteiger partial charge < -0.3 is 5.32 Å². The van der Waals surface area contributed by atoms with E-state index < -0.39 is 23.2 Å². The van der Waals surface area contributed by atoms with Crippen LogP contribution in [0.15, 0.2) is 86.9 Å². The fourth-order valence-electron chi connectivity index (χ4n) is 3.27. The summed E-state index contributed by atoms with van der Waals surface area (Å²) >= 11 is 8.30. The highest BCUT2D eigenvalue weighted by molar-refractivity contribution is 9.10. The van der Waals surface area contributed by atoms with Crippen LogP contribution < -0.4 is 5.32 Å². The van der Waals surface area contributed by atoms with Crippen LogP contribution in [0, 0.1) is 0 Å². The molecule has 5 nitrogen and oxygen atoms in total. The molecule has 0 fully saturated rings. The number of carbonyl (C=O) groups excluding carboxylic acids is 1. The minimum atomic E-state index is -4.64. The van der Waals surface area contributed by atoms with Gasteiger partial charge in [-0.1, -0.05) is 67.9 Å². The lowest BCUT2D eigenvalue weighted by Crippen LogP contribution is -2.27. The first-order chi connectivity index (χ1) is 16.7. The number of carbonyl (C=O) groups is 1. The van der Waals surface area contributed by atoms with Crippen molar-refractivity contribution in [2.45, 2.75) is 23.6 Å². The number of benzene rings is 3. The minimum Gasteiger partial charge on any atom is -0.345 e. The lowest BCUT2D eigenvalue weighted by atomic mass is 10.1. The van der Waals surface area contributed by atoms with Crippen LogP contribution in [0.4, 0.5) is 13.2 Å². The monoisotopic (exact) mass is 624 g/mol. The van der Waals surface area contributed by atoms with Crippen molar-refractivity contribution in [2.24, 2.45) is 0 Å². The SMILES string of the molecule is O=C(NCc1nnc(SCc2ccc(Br)cc2)n1-c1ccc(Br)cc1)c1ccccc1C(F)(F)F. The van der Waals surface area contributed by atoms with E-state index in [0.717, 1.165) is 32.3 Å². The summed E-state index contributed by atoms with van der Waals surface area (Å²) in [5.74, 6) is 0.184. The van der Waals surface area contributed by atoms with Gasteiger partial charge in [0.25, 0.3) is 5.91 Å². The Labute approximate surface area is 220 Å². The van der Waals surface area contributed by atoms with E-state index in [2.05, 4.69) is 47.4 Å². The highest BCUT2D eigenvalue weighted by Gasteiger charge is 2.34. The third-order valence-corrected chi connectivity index (χ3v) is 7.01. The molecular weight excluding hydrogens is 609 g/mol. The van der Waals surface area contributed by atoms with Gasteiger partial charge in [0.05, 0.1) is 17.7 Å². The number of hydrogen-bond acceptors (Lipinski definition) is 4. The third kappa shape index (κ3) is 6.33. The van der Waals surface area contributed by atoms with Gasteiger partial charge in [0, 0.05) is 20.4 Å². The first kappa shape index (κ1) is 25.5. The summed E-state index contributed by atoms with van der Waals surface area (Å²) in [6, 6.07) is 20.0. The van der Waals surface area contributed by atoms with E-state index in [4.69, 9.17) is 0 Å². The second kappa shape index (κ2) is 11.0. The van der Waals surface area contributed by atoms with Crippen LogP contribution in [-0.4, -0.2) is 20.7 Å². The molecule has 0 saturated carbocycles. The van der Waals surface area contributed by atoms with Crippen LogP contribution in [0.25, 0.3) is 5.69 Å². The van der Waals surface area contributed by atoms with Crippen molar-refractivity contribution in [1.29, 1.82) is 0 Å². The number of aromatic nitrogens is 3. The molecule has 0 bridgehead atoms. The van der Waals surface area contributed by atoms with Crippen LogP contribution in [0.1, 0.15) is 27.3 Å². The molecule has 1 N–H and O–H groups in total. The van der Waals surface area contributed by atoms with E-state index in [1.807, 2.05) is 48.5 Å². The predicted molar refractivity (Wildman–Crippen MR) is 135 cm³/mol. The molecule has 4 rings (SSSR count). The first-order valence-electron chi connectivity index (χ1n) is 10.2. The zero-order valence-corrected chi connectivity index (χ0v) is 21.9. The van der Waals surface area contributed by atoms with Gasteiger partial charge in [-0.2, -0.15) is 13.2 Å².